The van der Waals surface area contributed by atoms with Gasteiger partial charge in [0, 0.05) is 36.9 Å². The zero-order valence-corrected chi connectivity index (χ0v) is 22.3. The van der Waals surface area contributed by atoms with E-state index < -0.39 is 31.4 Å². The van der Waals surface area contributed by atoms with E-state index >= 15 is 0 Å². The molecule has 212 valence electrons. The molecule has 1 fully saturated rings. The zero-order valence-electron chi connectivity index (χ0n) is 21.5. The number of aromatic amines is 1. The number of nitrogens with one attached hydrogen (secondary N) is 3. The molecule has 14 heteroatoms. The Labute approximate surface area is 234 Å². The van der Waals surface area contributed by atoms with Gasteiger partial charge in [0.25, 0.3) is 21.6 Å². The average molecular weight is 580 g/mol. The van der Waals surface area contributed by atoms with Crippen LogP contribution in [-0.2, 0) is 14.8 Å². The molecule has 2 aromatic heterocycles. The molecular weight excluding hydrogens is 554 g/mol. The van der Waals surface area contributed by atoms with E-state index in [1.165, 1.54) is 24.4 Å². The van der Waals surface area contributed by atoms with Gasteiger partial charge in [0.05, 0.1) is 27.6 Å². The molecule has 2 aliphatic heterocycles. The summed E-state index contributed by atoms with van der Waals surface area (Å²) in [6.45, 7) is 1.41. The molecule has 1 saturated heterocycles. The van der Waals surface area contributed by atoms with Crippen molar-refractivity contribution in [3.63, 3.8) is 0 Å². The average Bonchev–Trinajstić information content (AvgIpc) is 3.45. The summed E-state index contributed by atoms with van der Waals surface area (Å²) in [5, 5.41) is 15.9. The molecule has 1 atom stereocenters. The molecule has 0 bridgehead atoms. The molecule has 4 heterocycles. The van der Waals surface area contributed by atoms with Crippen LogP contribution in [0.2, 0.25) is 0 Å². The van der Waals surface area contributed by atoms with Gasteiger partial charge in [-0.15, -0.1) is 0 Å². The monoisotopic (exact) mass is 579 g/mol. The number of carbonyl (C=O) groups is 1. The number of nitro benzene ring substituents is 1. The van der Waals surface area contributed by atoms with Crippen molar-refractivity contribution >= 4 is 38.3 Å². The fraction of sp³-hybridized carbons (Fsp3) is 0.259. The van der Waals surface area contributed by atoms with Crippen LogP contribution in [0.1, 0.15) is 23.2 Å². The Balaban J connectivity index is 1.25. The van der Waals surface area contributed by atoms with Gasteiger partial charge in [-0.2, -0.15) is 0 Å². The lowest BCUT2D eigenvalue weighted by Crippen LogP contribution is -2.40. The molecule has 0 aliphatic carbocycles. The highest BCUT2D eigenvalue weighted by molar-refractivity contribution is 7.90. The van der Waals surface area contributed by atoms with Gasteiger partial charge in [0.1, 0.15) is 23.8 Å². The number of hydrogen-bond acceptors (Lipinski definition) is 10. The molecule has 2 aromatic carbocycles. The van der Waals surface area contributed by atoms with E-state index in [4.69, 9.17) is 14.2 Å². The summed E-state index contributed by atoms with van der Waals surface area (Å²) < 4.78 is 45.6. The number of pyridine rings is 1. The third kappa shape index (κ3) is 5.38. The SMILES string of the molecule is O=C(NS(=O)(=O)c1cc2c(c([N+](=O)[O-])c1)N[C@@H](C1CCOCC1)CO2)c1ccccc1Oc1cnc2[nH]ccc2c1. The van der Waals surface area contributed by atoms with E-state index in [0.717, 1.165) is 24.3 Å². The van der Waals surface area contributed by atoms with Crippen molar-refractivity contribution in [2.45, 2.75) is 23.8 Å². The van der Waals surface area contributed by atoms with Crippen molar-refractivity contribution in [1.82, 2.24) is 14.7 Å². The molecule has 4 aromatic rings. The van der Waals surface area contributed by atoms with E-state index in [2.05, 4.69) is 15.3 Å². The number of fused-ring (bicyclic) bond motifs is 2. The summed E-state index contributed by atoms with van der Waals surface area (Å²) in [5.41, 5.74) is 0.236. The van der Waals surface area contributed by atoms with Gasteiger partial charge in [0.15, 0.2) is 11.4 Å². The molecule has 41 heavy (non-hydrogen) atoms. The Bertz CT molecular complexity index is 1750. The lowest BCUT2D eigenvalue weighted by atomic mass is 9.91. The summed E-state index contributed by atoms with van der Waals surface area (Å²) in [4.78, 5) is 31.2. The predicted molar refractivity (Wildman–Crippen MR) is 147 cm³/mol. The first-order valence-corrected chi connectivity index (χ1v) is 14.3. The van der Waals surface area contributed by atoms with E-state index in [-0.39, 0.29) is 41.3 Å². The molecule has 1 amide bonds. The highest BCUT2D eigenvalue weighted by Crippen LogP contribution is 2.41. The van der Waals surface area contributed by atoms with Crippen molar-refractivity contribution in [3.05, 3.63) is 76.6 Å². The molecule has 0 saturated carbocycles. The van der Waals surface area contributed by atoms with Gasteiger partial charge in [0.2, 0.25) is 0 Å². The second-order valence-corrected chi connectivity index (χ2v) is 11.4. The molecule has 0 unspecified atom stereocenters. The minimum Gasteiger partial charge on any atom is -0.489 e. The normalized spacial score (nSPS) is 17.2. The van der Waals surface area contributed by atoms with Crippen LogP contribution < -0.4 is 19.5 Å². The van der Waals surface area contributed by atoms with Gasteiger partial charge >= 0.3 is 0 Å². The van der Waals surface area contributed by atoms with Crippen LogP contribution in [0, 0.1) is 16.0 Å². The first-order chi connectivity index (χ1) is 19.8. The predicted octanol–water partition coefficient (Wildman–Crippen LogP) is 3.98. The Morgan fingerprint density at radius 1 is 1.15 bits per heavy atom. The van der Waals surface area contributed by atoms with Gasteiger partial charge in [-0.05, 0) is 43.0 Å². The van der Waals surface area contributed by atoms with Crippen LogP contribution in [0.3, 0.4) is 0 Å². The first kappa shape index (κ1) is 26.5. The minimum atomic E-state index is -4.54. The maximum Gasteiger partial charge on any atom is 0.297 e. The molecule has 3 N–H and O–H groups in total. The van der Waals surface area contributed by atoms with E-state index in [9.17, 15) is 23.3 Å². The van der Waals surface area contributed by atoms with Gasteiger partial charge in [-0.1, -0.05) is 12.1 Å². The molecular formula is C27H25N5O8S. The number of hydrogen-bond donors (Lipinski definition) is 3. The number of rotatable bonds is 7. The van der Waals surface area contributed by atoms with E-state index in [1.807, 2.05) is 10.8 Å². The highest BCUT2D eigenvalue weighted by Gasteiger charge is 2.35. The second-order valence-electron chi connectivity index (χ2n) is 9.70. The lowest BCUT2D eigenvalue weighted by Gasteiger charge is -2.35. The van der Waals surface area contributed by atoms with Crippen LogP contribution in [0.4, 0.5) is 11.4 Å². The first-order valence-electron chi connectivity index (χ1n) is 12.9. The summed E-state index contributed by atoms with van der Waals surface area (Å²) in [7, 11) is -4.54. The number of aromatic nitrogens is 2. The largest absolute Gasteiger partial charge is 0.489 e. The molecule has 0 radical (unpaired) electrons. The Hall–Kier alpha value is -4.69. The number of ether oxygens (including phenoxy) is 3. The van der Waals surface area contributed by atoms with Crippen LogP contribution in [0.15, 0.2) is 65.8 Å². The summed E-state index contributed by atoms with van der Waals surface area (Å²) in [6, 6.07) is 11.5. The highest BCUT2D eigenvalue weighted by atomic mass is 32.2. The van der Waals surface area contributed by atoms with Crippen molar-refractivity contribution < 1.29 is 32.3 Å². The fourth-order valence-electron chi connectivity index (χ4n) is 4.99. The molecule has 6 rings (SSSR count). The number of H-pyrrole nitrogens is 1. The Morgan fingerprint density at radius 2 is 1.95 bits per heavy atom. The van der Waals surface area contributed by atoms with Gasteiger partial charge in [-0.3, -0.25) is 14.9 Å². The van der Waals surface area contributed by atoms with E-state index in [0.29, 0.717) is 24.6 Å². The quantitative estimate of drug-likeness (QED) is 0.214. The van der Waals surface area contributed by atoms with E-state index in [1.54, 1.807) is 24.4 Å². The van der Waals surface area contributed by atoms with Crippen LogP contribution in [0.5, 0.6) is 17.2 Å². The van der Waals surface area contributed by atoms with Crippen LogP contribution in [0.25, 0.3) is 11.0 Å². The number of nitro groups is 1. The molecule has 2 aliphatic rings. The number of sulfonamides is 1. The Kier molecular flexibility index (Phi) is 6.93. The second kappa shape index (κ2) is 10.7. The number of para-hydroxylation sites is 1. The smallest absolute Gasteiger partial charge is 0.297 e. The molecule has 13 nitrogen and oxygen atoms in total. The van der Waals surface area contributed by atoms with Gasteiger partial charge < -0.3 is 24.5 Å². The van der Waals surface area contributed by atoms with Crippen LogP contribution >= 0.6 is 0 Å². The third-order valence-electron chi connectivity index (χ3n) is 7.11. The number of carbonyl (C=O) groups excluding carboxylic acids is 1. The number of benzene rings is 2. The summed E-state index contributed by atoms with van der Waals surface area (Å²) in [5.74, 6) is -0.321. The number of nitrogens with zero attached hydrogens (tertiary/aromatic N) is 2. The zero-order chi connectivity index (χ0) is 28.6. The molecule has 0 spiro atoms. The topological polar surface area (TPSA) is 175 Å². The number of amides is 1. The van der Waals surface area contributed by atoms with Crippen molar-refractivity contribution in [3.8, 4) is 17.2 Å². The van der Waals surface area contributed by atoms with Crippen molar-refractivity contribution in [2.24, 2.45) is 5.92 Å². The third-order valence-corrected chi connectivity index (χ3v) is 8.42. The summed E-state index contributed by atoms with van der Waals surface area (Å²) in [6.07, 6.45) is 4.76. The van der Waals surface area contributed by atoms with Crippen molar-refractivity contribution in [1.29, 1.82) is 0 Å². The number of anilines is 1. The van der Waals surface area contributed by atoms with Gasteiger partial charge in [-0.25, -0.2) is 18.1 Å². The maximum atomic E-state index is 13.3. The van der Waals surface area contributed by atoms with Crippen LogP contribution in [-0.4, -0.2) is 55.1 Å². The Morgan fingerprint density at radius 3 is 2.76 bits per heavy atom. The fourth-order valence-corrected chi connectivity index (χ4v) is 6.00. The lowest BCUT2D eigenvalue weighted by molar-refractivity contribution is -0.384. The standard InChI is InChI=1S/C27H25N5O8S/c33-27(20-3-1-2-4-23(20)40-18-11-17-5-8-28-26(17)29-14-18)31-41(36,37)19-12-22(32(34)35)25-24(13-19)39-15-21(30-25)16-6-9-38-10-7-16/h1-5,8,11-14,16,21,30H,6-7,9-10,15H2,(H,28,29)(H,31,33)/t21-/m1/s1. The summed E-state index contributed by atoms with van der Waals surface area (Å²) >= 11 is 0. The minimum absolute atomic E-state index is 0.0201. The maximum absolute atomic E-state index is 13.3. The van der Waals surface area contributed by atoms with Crippen molar-refractivity contribution in [2.75, 3.05) is 25.1 Å².